The minimum absolute atomic E-state index is 0.311. The highest BCUT2D eigenvalue weighted by Gasteiger charge is 2.15. The van der Waals surface area contributed by atoms with Gasteiger partial charge in [0.2, 0.25) is 0 Å². The minimum atomic E-state index is 0.311. The molecule has 2 atom stereocenters. The summed E-state index contributed by atoms with van der Waals surface area (Å²) >= 11 is 7.62. The number of fused-ring (bicyclic) bond motifs is 1. The Balaban J connectivity index is 1.86. The van der Waals surface area contributed by atoms with Crippen molar-refractivity contribution >= 4 is 38.3 Å². The molecule has 2 aromatic rings. The van der Waals surface area contributed by atoms with Crippen molar-refractivity contribution in [3.05, 3.63) is 47.5 Å². The number of nitrogens with zero attached hydrogens (tertiary/aromatic N) is 1. The van der Waals surface area contributed by atoms with Gasteiger partial charge in [0.05, 0.1) is 16.3 Å². The molecule has 3 rings (SSSR count). The summed E-state index contributed by atoms with van der Waals surface area (Å²) in [5, 5.41) is 5.17. The Hall–Kier alpha value is -1.32. The molecular weight excluding hydrogens is 264 g/mol. The van der Waals surface area contributed by atoms with Gasteiger partial charge in [-0.3, -0.25) is 0 Å². The second-order valence-corrected chi connectivity index (χ2v) is 5.90. The van der Waals surface area contributed by atoms with Gasteiger partial charge >= 0.3 is 0 Å². The standard InChI is InChI=1S/C14H13ClN2S/c1-9-4-2-3-5-11(9)16-14-17-12-7-6-10(15)8-13(12)18-14/h2-9,11H,1H3,(H,16,17). The first-order valence-corrected chi connectivity index (χ1v) is 7.09. The molecule has 1 N–H and O–H groups in total. The smallest absolute Gasteiger partial charge is 0.184 e. The number of aromatic nitrogens is 1. The third kappa shape index (κ3) is 2.28. The maximum Gasteiger partial charge on any atom is 0.184 e. The molecule has 0 amide bonds. The molecule has 0 radical (unpaired) electrons. The van der Waals surface area contributed by atoms with Crippen LogP contribution in [0.25, 0.3) is 10.2 Å². The van der Waals surface area contributed by atoms with Crippen LogP contribution in [0.3, 0.4) is 0 Å². The number of allylic oxidation sites excluding steroid dienone is 2. The van der Waals surface area contributed by atoms with Crippen molar-refractivity contribution in [1.29, 1.82) is 0 Å². The van der Waals surface area contributed by atoms with E-state index in [1.54, 1.807) is 11.3 Å². The third-order valence-electron chi connectivity index (χ3n) is 3.05. The van der Waals surface area contributed by atoms with E-state index in [-0.39, 0.29) is 0 Å². The number of hydrogen-bond donors (Lipinski definition) is 1. The van der Waals surface area contributed by atoms with Crippen molar-refractivity contribution < 1.29 is 0 Å². The fourth-order valence-corrected chi connectivity index (χ4v) is 3.19. The van der Waals surface area contributed by atoms with Crippen LogP contribution in [0.1, 0.15) is 6.92 Å². The van der Waals surface area contributed by atoms with Gasteiger partial charge in [-0.2, -0.15) is 0 Å². The average Bonchev–Trinajstić information content (AvgIpc) is 2.73. The molecule has 2 nitrogen and oxygen atoms in total. The van der Waals surface area contributed by atoms with E-state index in [1.807, 2.05) is 18.2 Å². The minimum Gasteiger partial charge on any atom is -0.355 e. The van der Waals surface area contributed by atoms with Gasteiger partial charge in [0.1, 0.15) is 0 Å². The monoisotopic (exact) mass is 276 g/mol. The summed E-state index contributed by atoms with van der Waals surface area (Å²) in [7, 11) is 0. The molecule has 1 aromatic heterocycles. The summed E-state index contributed by atoms with van der Waals surface area (Å²) < 4.78 is 1.12. The van der Waals surface area contributed by atoms with Crippen LogP contribution in [0.15, 0.2) is 42.5 Å². The number of rotatable bonds is 2. The lowest BCUT2D eigenvalue weighted by atomic mass is 9.98. The number of thiazole rings is 1. The summed E-state index contributed by atoms with van der Waals surface area (Å²) in [6, 6.07) is 6.10. The van der Waals surface area contributed by atoms with Gasteiger partial charge in [-0.15, -0.1) is 0 Å². The summed E-state index contributed by atoms with van der Waals surface area (Å²) in [6.45, 7) is 2.20. The zero-order chi connectivity index (χ0) is 12.5. The van der Waals surface area contributed by atoms with Crippen molar-refractivity contribution in [2.24, 2.45) is 5.92 Å². The average molecular weight is 277 g/mol. The zero-order valence-electron chi connectivity index (χ0n) is 9.93. The van der Waals surface area contributed by atoms with Crippen molar-refractivity contribution in [2.75, 3.05) is 5.32 Å². The van der Waals surface area contributed by atoms with Gasteiger partial charge in [-0.1, -0.05) is 54.2 Å². The highest BCUT2D eigenvalue weighted by atomic mass is 35.5. The first kappa shape index (κ1) is 11.8. The van der Waals surface area contributed by atoms with Crippen molar-refractivity contribution in [3.63, 3.8) is 0 Å². The number of hydrogen-bond acceptors (Lipinski definition) is 3. The van der Waals surface area contributed by atoms with Crippen molar-refractivity contribution in [1.82, 2.24) is 4.98 Å². The Labute approximate surface area is 115 Å². The zero-order valence-corrected chi connectivity index (χ0v) is 11.5. The lowest BCUT2D eigenvalue weighted by Crippen LogP contribution is -2.24. The van der Waals surface area contributed by atoms with E-state index in [0.29, 0.717) is 12.0 Å². The second kappa shape index (κ2) is 4.75. The van der Waals surface area contributed by atoms with E-state index in [1.165, 1.54) is 0 Å². The van der Waals surface area contributed by atoms with Crippen LogP contribution in [0, 0.1) is 5.92 Å². The van der Waals surface area contributed by atoms with Crippen LogP contribution in [0.2, 0.25) is 5.02 Å². The van der Waals surface area contributed by atoms with Crippen LogP contribution >= 0.6 is 22.9 Å². The molecule has 0 saturated carbocycles. The van der Waals surface area contributed by atoms with E-state index in [4.69, 9.17) is 11.6 Å². The molecule has 1 aliphatic carbocycles. The number of nitrogens with one attached hydrogen (secondary N) is 1. The highest BCUT2D eigenvalue weighted by Crippen LogP contribution is 2.29. The van der Waals surface area contributed by atoms with E-state index < -0.39 is 0 Å². The van der Waals surface area contributed by atoms with Gasteiger partial charge in [0.15, 0.2) is 5.13 Å². The first-order chi connectivity index (χ1) is 8.72. The first-order valence-electron chi connectivity index (χ1n) is 5.90. The molecule has 0 saturated heterocycles. The highest BCUT2D eigenvalue weighted by molar-refractivity contribution is 7.22. The predicted molar refractivity (Wildman–Crippen MR) is 79.5 cm³/mol. The third-order valence-corrected chi connectivity index (χ3v) is 4.24. The molecule has 2 unspecified atom stereocenters. The van der Waals surface area contributed by atoms with Crippen LogP contribution in [0.4, 0.5) is 5.13 Å². The number of halogens is 1. The normalized spacial score (nSPS) is 22.6. The Kier molecular flexibility index (Phi) is 3.10. The number of anilines is 1. The Morgan fingerprint density at radius 1 is 1.28 bits per heavy atom. The fourth-order valence-electron chi connectivity index (χ4n) is 2.00. The largest absolute Gasteiger partial charge is 0.355 e. The molecule has 0 bridgehead atoms. The second-order valence-electron chi connectivity index (χ2n) is 4.43. The van der Waals surface area contributed by atoms with Gasteiger partial charge in [0, 0.05) is 5.02 Å². The van der Waals surface area contributed by atoms with Gasteiger partial charge in [0.25, 0.3) is 0 Å². The quantitative estimate of drug-likeness (QED) is 0.874. The summed E-state index contributed by atoms with van der Waals surface area (Å²) in [4.78, 5) is 4.57. The maximum absolute atomic E-state index is 5.98. The van der Waals surface area contributed by atoms with E-state index in [2.05, 4.69) is 41.5 Å². The molecule has 1 aromatic carbocycles. The summed E-state index contributed by atoms with van der Waals surface area (Å²) in [6.07, 6.45) is 8.52. The number of benzene rings is 1. The SMILES string of the molecule is CC1C=CC=CC1Nc1nc2ccc(Cl)cc2s1. The lowest BCUT2D eigenvalue weighted by molar-refractivity contribution is 0.659. The summed E-state index contributed by atoms with van der Waals surface area (Å²) in [5.41, 5.74) is 0.995. The van der Waals surface area contributed by atoms with Gasteiger partial charge in [-0.05, 0) is 24.1 Å². The fraction of sp³-hybridized carbons (Fsp3) is 0.214. The van der Waals surface area contributed by atoms with E-state index >= 15 is 0 Å². The summed E-state index contributed by atoms with van der Waals surface area (Å²) in [5.74, 6) is 0.477. The molecule has 0 spiro atoms. The Morgan fingerprint density at radius 3 is 2.94 bits per heavy atom. The molecule has 92 valence electrons. The maximum atomic E-state index is 5.98. The van der Waals surface area contributed by atoms with Gasteiger partial charge < -0.3 is 5.32 Å². The van der Waals surface area contributed by atoms with Crippen molar-refractivity contribution in [3.8, 4) is 0 Å². The van der Waals surface area contributed by atoms with Gasteiger partial charge in [-0.25, -0.2) is 4.98 Å². The predicted octanol–water partition coefficient (Wildman–Crippen LogP) is 4.49. The van der Waals surface area contributed by atoms with E-state index in [9.17, 15) is 0 Å². The van der Waals surface area contributed by atoms with E-state index in [0.717, 1.165) is 20.4 Å². The molecular formula is C14H13ClN2S. The van der Waals surface area contributed by atoms with Crippen molar-refractivity contribution in [2.45, 2.75) is 13.0 Å². The molecule has 1 aliphatic rings. The Morgan fingerprint density at radius 2 is 2.11 bits per heavy atom. The lowest BCUT2D eigenvalue weighted by Gasteiger charge is -2.21. The molecule has 1 heterocycles. The van der Waals surface area contributed by atoms with Crippen LogP contribution < -0.4 is 5.32 Å². The topological polar surface area (TPSA) is 24.9 Å². The van der Waals surface area contributed by atoms with Crippen LogP contribution in [-0.4, -0.2) is 11.0 Å². The van der Waals surface area contributed by atoms with Crippen LogP contribution in [0.5, 0.6) is 0 Å². The molecule has 4 heteroatoms. The molecule has 0 fully saturated rings. The Bertz CT molecular complexity index is 630. The molecule has 0 aliphatic heterocycles. The molecule has 18 heavy (non-hydrogen) atoms. The van der Waals surface area contributed by atoms with Crippen LogP contribution in [-0.2, 0) is 0 Å².